The molecule has 0 aliphatic heterocycles. The average Bonchev–Trinajstić information content (AvgIpc) is 2.30. The van der Waals surface area contributed by atoms with E-state index in [0.717, 1.165) is 26.1 Å². The molecule has 0 saturated heterocycles. The molecule has 1 unspecified atom stereocenters. The first-order valence-corrected chi connectivity index (χ1v) is 5.93. The largest absolute Gasteiger partial charge is 0.382 e. The van der Waals surface area contributed by atoms with Crippen molar-refractivity contribution in [3.63, 3.8) is 0 Å². The predicted octanol–water partition coefficient (Wildman–Crippen LogP) is 1.95. The smallest absolute Gasteiger partial charge is 0.0480 e. The van der Waals surface area contributed by atoms with E-state index in [-0.39, 0.29) is 0 Å². The molecule has 0 aromatic carbocycles. The van der Waals surface area contributed by atoms with E-state index >= 15 is 0 Å². The van der Waals surface area contributed by atoms with Gasteiger partial charge in [-0.25, -0.2) is 0 Å². The van der Waals surface area contributed by atoms with Gasteiger partial charge < -0.3 is 10.1 Å². The maximum absolute atomic E-state index is 5.37. The highest BCUT2D eigenvalue weighted by atomic mass is 16.5. The molecule has 1 aromatic rings. The summed E-state index contributed by atoms with van der Waals surface area (Å²) < 4.78 is 5.37. The van der Waals surface area contributed by atoms with Crippen LogP contribution in [0.2, 0.25) is 0 Å². The van der Waals surface area contributed by atoms with Crippen molar-refractivity contribution in [2.24, 2.45) is 0 Å². The van der Waals surface area contributed by atoms with Gasteiger partial charge in [0.2, 0.25) is 0 Å². The van der Waals surface area contributed by atoms with Gasteiger partial charge in [-0.15, -0.1) is 0 Å². The second kappa shape index (κ2) is 7.36. The highest BCUT2D eigenvalue weighted by Crippen LogP contribution is 2.08. The molecule has 3 heteroatoms. The second-order valence-electron chi connectivity index (χ2n) is 3.94. The molecule has 1 atom stereocenters. The third kappa shape index (κ3) is 4.29. The first kappa shape index (κ1) is 13.1. The number of aryl methyl sites for hydroxylation is 1. The van der Waals surface area contributed by atoms with Crippen molar-refractivity contribution >= 4 is 0 Å². The van der Waals surface area contributed by atoms with Crippen LogP contribution in [0, 0.1) is 6.92 Å². The molecule has 3 nitrogen and oxygen atoms in total. The van der Waals surface area contributed by atoms with Gasteiger partial charge in [0.05, 0.1) is 0 Å². The molecule has 90 valence electrons. The summed E-state index contributed by atoms with van der Waals surface area (Å²) in [5.74, 6) is 0. The number of aromatic nitrogens is 1. The molecule has 0 radical (unpaired) electrons. The topological polar surface area (TPSA) is 34.1 Å². The van der Waals surface area contributed by atoms with Gasteiger partial charge in [-0.05, 0) is 38.9 Å². The quantitative estimate of drug-likeness (QED) is 0.716. The lowest BCUT2D eigenvalue weighted by atomic mass is 10.0. The number of hydrogen-bond donors (Lipinski definition) is 1. The van der Waals surface area contributed by atoms with Crippen LogP contribution in [0.3, 0.4) is 0 Å². The van der Waals surface area contributed by atoms with Crippen molar-refractivity contribution in [3.05, 3.63) is 29.6 Å². The van der Waals surface area contributed by atoms with Gasteiger partial charge in [-0.3, -0.25) is 4.98 Å². The van der Waals surface area contributed by atoms with Gasteiger partial charge in [0, 0.05) is 37.6 Å². The number of nitrogens with zero attached hydrogens (tertiary/aromatic N) is 1. The lowest BCUT2D eigenvalue weighted by Crippen LogP contribution is -2.29. The van der Waals surface area contributed by atoms with Gasteiger partial charge in [-0.2, -0.15) is 0 Å². The Hall–Kier alpha value is -0.930. The predicted molar refractivity (Wildman–Crippen MR) is 66.6 cm³/mol. The first-order valence-electron chi connectivity index (χ1n) is 5.93. The second-order valence-corrected chi connectivity index (χ2v) is 3.94. The summed E-state index contributed by atoms with van der Waals surface area (Å²) in [4.78, 5) is 4.41. The lowest BCUT2D eigenvalue weighted by molar-refractivity contribution is 0.137. The SMILES string of the molecule is CCOCCC(Cc1ncccc1C)NC. The molecule has 0 aliphatic carbocycles. The summed E-state index contributed by atoms with van der Waals surface area (Å²) in [6, 6.07) is 4.53. The van der Waals surface area contributed by atoms with Gasteiger partial charge in [0.15, 0.2) is 0 Å². The fourth-order valence-corrected chi connectivity index (χ4v) is 1.68. The molecule has 1 rings (SSSR count). The third-order valence-corrected chi connectivity index (χ3v) is 2.78. The minimum atomic E-state index is 0.445. The summed E-state index contributed by atoms with van der Waals surface area (Å²) in [5.41, 5.74) is 2.44. The zero-order valence-electron chi connectivity index (χ0n) is 10.5. The Bertz CT molecular complexity index is 302. The molecule has 0 amide bonds. The Labute approximate surface area is 98.2 Å². The summed E-state index contributed by atoms with van der Waals surface area (Å²) in [5, 5.41) is 3.32. The van der Waals surface area contributed by atoms with Crippen LogP contribution >= 0.6 is 0 Å². The van der Waals surface area contributed by atoms with Crippen molar-refractivity contribution in [1.29, 1.82) is 0 Å². The first-order chi connectivity index (χ1) is 7.77. The number of pyridine rings is 1. The van der Waals surface area contributed by atoms with Crippen LogP contribution in [0.4, 0.5) is 0 Å². The van der Waals surface area contributed by atoms with E-state index in [4.69, 9.17) is 4.74 Å². The molecule has 0 bridgehead atoms. The lowest BCUT2D eigenvalue weighted by Gasteiger charge is -2.16. The molecule has 0 fully saturated rings. The van der Waals surface area contributed by atoms with E-state index in [1.54, 1.807) is 0 Å². The van der Waals surface area contributed by atoms with Crippen LogP contribution in [-0.2, 0) is 11.2 Å². The Morgan fingerprint density at radius 2 is 2.31 bits per heavy atom. The molecular weight excluding hydrogens is 200 g/mol. The van der Waals surface area contributed by atoms with Crippen molar-refractivity contribution in [3.8, 4) is 0 Å². The van der Waals surface area contributed by atoms with Crippen LogP contribution in [0.15, 0.2) is 18.3 Å². The number of nitrogens with one attached hydrogen (secondary N) is 1. The molecule has 0 saturated carbocycles. The minimum absolute atomic E-state index is 0.445. The Morgan fingerprint density at radius 3 is 2.94 bits per heavy atom. The maximum Gasteiger partial charge on any atom is 0.0480 e. The minimum Gasteiger partial charge on any atom is -0.382 e. The molecule has 0 aliphatic rings. The Kier molecular flexibility index (Phi) is 6.04. The van der Waals surface area contributed by atoms with E-state index in [2.05, 4.69) is 23.3 Å². The van der Waals surface area contributed by atoms with Crippen LogP contribution in [0.5, 0.6) is 0 Å². The van der Waals surface area contributed by atoms with Crippen LogP contribution in [0.1, 0.15) is 24.6 Å². The standard InChI is InChI=1S/C13H22N2O/c1-4-16-9-7-12(14-3)10-13-11(2)6-5-8-15-13/h5-6,8,12,14H,4,7,9-10H2,1-3H3. The van der Waals surface area contributed by atoms with E-state index < -0.39 is 0 Å². The zero-order valence-corrected chi connectivity index (χ0v) is 10.5. The Balaban J connectivity index is 2.46. The normalized spacial score (nSPS) is 12.7. The van der Waals surface area contributed by atoms with Crippen LogP contribution < -0.4 is 5.32 Å². The molecule has 1 heterocycles. The summed E-state index contributed by atoms with van der Waals surface area (Å²) >= 11 is 0. The van der Waals surface area contributed by atoms with E-state index in [1.807, 2.05) is 26.2 Å². The average molecular weight is 222 g/mol. The van der Waals surface area contributed by atoms with E-state index in [0.29, 0.717) is 6.04 Å². The third-order valence-electron chi connectivity index (χ3n) is 2.78. The molecule has 16 heavy (non-hydrogen) atoms. The summed E-state index contributed by atoms with van der Waals surface area (Å²) in [7, 11) is 1.99. The van der Waals surface area contributed by atoms with E-state index in [1.165, 1.54) is 11.3 Å². The Morgan fingerprint density at radius 1 is 1.50 bits per heavy atom. The monoisotopic (exact) mass is 222 g/mol. The van der Waals surface area contributed by atoms with Crippen molar-refractivity contribution < 1.29 is 4.74 Å². The van der Waals surface area contributed by atoms with Gasteiger partial charge in [0.1, 0.15) is 0 Å². The number of likely N-dealkylation sites (N-methyl/N-ethyl adjacent to an activating group) is 1. The van der Waals surface area contributed by atoms with Gasteiger partial charge in [-0.1, -0.05) is 6.07 Å². The summed E-state index contributed by atoms with van der Waals surface area (Å²) in [6.45, 7) is 5.74. The zero-order chi connectivity index (χ0) is 11.8. The van der Waals surface area contributed by atoms with Gasteiger partial charge >= 0.3 is 0 Å². The fraction of sp³-hybridized carbons (Fsp3) is 0.615. The number of rotatable bonds is 7. The number of hydrogen-bond acceptors (Lipinski definition) is 3. The van der Waals surface area contributed by atoms with Gasteiger partial charge in [0.25, 0.3) is 0 Å². The van der Waals surface area contributed by atoms with Crippen molar-refractivity contribution in [2.75, 3.05) is 20.3 Å². The summed E-state index contributed by atoms with van der Waals surface area (Å²) in [6.07, 6.45) is 3.86. The molecule has 0 spiro atoms. The maximum atomic E-state index is 5.37. The highest BCUT2D eigenvalue weighted by molar-refractivity contribution is 5.18. The van der Waals surface area contributed by atoms with Crippen molar-refractivity contribution in [1.82, 2.24) is 10.3 Å². The van der Waals surface area contributed by atoms with E-state index in [9.17, 15) is 0 Å². The molecule has 1 N–H and O–H groups in total. The fourth-order valence-electron chi connectivity index (χ4n) is 1.68. The number of ether oxygens (including phenoxy) is 1. The van der Waals surface area contributed by atoms with Crippen LogP contribution in [0.25, 0.3) is 0 Å². The van der Waals surface area contributed by atoms with Crippen LogP contribution in [-0.4, -0.2) is 31.3 Å². The van der Waals surface area contributed by atoms with Crippen molar-refractivity contribution in [2.45, 2.75) is 32.7 Å². The molecular formula is C13H22N2O. The molecule has 1 aromatic heterocycles. The highest BCUT2D eigenvalue weighted by Gasteiger charge is 2.09.